The van der Waals surface area contributed by atoms with Crippen LogP contribution in [-0.2, 0) is 0 Å². The second-order valence-electron chi connectivity index (χ2n) is 4.45. The van der Waals surface area contributed by atoms with Crippen LogP contribution < -0.4 is 5.73 Å². The van der Waals surface area contributed by atoms with E-state index in [2.05, 4.69) is 11.1 Å². The van der Waals surface area contributed by atoms with Gasteiger partial charge >= 0.3 is 0 Å². The van der Waals surface area contributed by atoms with Crippen molar-refractivity contribution >= 4 is 17.4 Å². The van der Waals surface area contributed by atoms with Crippen molar-refractivity contribution in [1.82, 2.24) is 4.98 Å². The topological polar surface area (TPSA) is 59.1 Å². The fourth-order valence-electron chi connectivity index (χ4n) is 2.03. The van der Waals surface area contributed by atoms with E-state index in [9.17, 15) is 5.11 Å². The van der Waals surface area contributed by atoms with Gasteiger partial charge in [0.05, 0.1) is 5.02 Å². The van der Waals surface area contributed by atoms with Gasteiger partial charge in [0.25, 0.3) is 0 Å². The summed E-state index contributed by atoms with van der Waals surface area (Å²) < 4.78 is 0. The zero-order valence-electron chi connectivity index (χ0n) is 10.3. The Bertz CT molecular complexity index is 564. The van der Waals surface area contributed by atoms with Crippen LogP contribution in [-0.4, -0.2) is 10.1 Å². The molecule has 1 heterocycles. The first-order chi connectivity index (χ1) is 8.47. The third-order valence-corrected chi connectivity index (χ3v) is 2.98. The quantitative estimate of drug-likeness (QED) is 0.875. The van der Waals surface area contributed by atoms with Crippen LogP contribution in [0.3, 0.4) is 0 Å². The standard InChI is InChI=1S/C14H15ClN2O/c1-8-3-9(2)5-10(4-8)13(18)12-6-11(15)7-17-14(12)16/h3-7,13,18H,1-2H3,(H2,16,17). The van der Waals surface area contributed by atoms with Crippen LogP contribution in [0.25, 0.3) is 0 Å². The van der Waals surface area contributed by atoms with E-state index in [1.54, 1.807) is 6.07 Å². The van der Waals surface area contributed by atoms with Crippen LogP contribution in [0.2, 0.25) is 5.02 Å². The van der Waals surface area contributed by atoms with E-state index in [4.69, 9.17) is 17.3 Å². The molecule has 1 unspecified atom stereocenters. The highest BCUT2D eigenvalue weighted by Gasteiger charge is 2.15. The van der Waals surface area contributed by atoms with E-state index < -0.39 is 6.10 Å². The normalized spacial score (nSPS) is 12.4. The van der Waals surface area contributed by atoms with Crippen LogP contribution in [0, 0.1) is 13.8 Å². The van der Waals surface area contributed by atoms with Crippen molar-refractivity contribution < 1.29 is 5.11 Å². The third-order valence-electron chi connectivity index (χ3n) is 2.77. The Morgan fingerprint density at radius 1 is 1.17 bits per heavy atom. The van der Waals surface area contributed by atoms with Gasteiger partial charge in [-0.25, -0.2) is 4.98 Å². The zero-order chi connectivity index (χ0) is 13.3. The van der Waals surface area contributed by atoms with Crippen LogP contribution >= 0.6 is 11.6 Å². The first kappa shape index (κ1) is 12.9. The number of aliphatic hydroxyl groups is 1. The number of aryl methyl sites for hydroxylation is 2. The molecule has 0 fully saturated rings. The first-order valence-electron chi connectivity index (χ1n) is 5.64. The molecule has 0 aliphatic rings. The number of aromatic nitrogens is 1. The molecule has 0 spiro atoms. The van der Waals surface area contributed by atoms with E-state index in [1.807, 2.05) is 26.0 Å². The lowest BCUT2D eigenvalue weighted by molar-refractivity contribution is 0.220. The minimum atomic E-state index is -0.810. The molecule has 2 aromatic rings. The van der Waals surface area contributed by atoms with Crippen molar-refractivity contribution in [1.29, 1.82) is 0 Å². The molecule has 0 amide bonds. The van der Waals surface area contributed by atoms with Gasteiger partial charge in [-0.05, 0) is 25.5 Å². The van der Waals surface area contributed by atoms with Crippen LogP contribution in [0.1, 0.15) is 28.4 Å². The number of hydrogen-bond donors (Lipinski definition) is 2. The molecule has 0 radical (unpaired) electrons. The van der Waals surface area contributed by atoms with E-state index in [1.165, 1.54) is 6.20 Å². The van der Waals surface area contributed by atoms with Crippen molar-refractivity contribution in [3.63, 3.8) is 0 Å². The minimum absolute atomic E-state index is 0.297. The Morgan fingerprint density at radius 2 is 1.78 bits per heavy atom. The molecule has 3 N–H and O–H groups in total. The van der Waals surface area contributed by atoms with Crippen molar-refractivity contribution in [2.24, 2.45) is 0 Å². The van der Waals surface area contributed by atoms with Gasteiger partial charge in [0.15, 0.2) is 0 Å². The van der Waals surface area contributed by atoms with Crippen molar-refractivity contribution in [3.05, 3.63) is 57.7 Å². The summed E-state index contributed by atoms with van der Waals surface area (Å²) in [5, 5.41) is 10.8. The number of halogens is 1. The fourth-order valence-corrected chi connectivity index (χ4v) is 2.20. The second kappa shape index (κ2) is 4.96. The molecule has 1 atom stereocenters. The Balaban J connectivity index is 2.47. The Hall–Kier alpha value is -1.58. The SMILES string of the molecule is Cc1cc(C)cc(C(O)c2cc(Cl)cnc2N)c1. The predicted octanol–water partition coefficient (Wildman–Crippen LogP) is 3.02. The van der Waals surface area contributed by atoms with Crippen molar-refractivity contribution in [2.75, 3.05) is 5.73 Å². The number of benzene rings is 1. The molecule has 0 aliphatic heterocycles. The van der Waals surface area contributed by atoms with Gasteiger partial charge in [0.2, 0.25) is 0 Å². The van der Waals surface area contributed by atoms with Gasteiger partial charge in [-0.3, -0.25) is 0 Å². The summed E-state index contributed by atoms with van der Waals surface area (Å²) in [7, 11) is 0. The van der Waals surface area contributed by atoms with Crippen molar-refractivity contribution in [3.8, 4) is 0 Å². The summed E-state index contributed by atoms with van der Waals surface area (Å²) in [5.41, 5.74) is 9.29. The average molecular weight is 263 g/mol. The second-order valence-corrected chi connectivity index (χ2v) is 4.89. The monoisotopic (exact) mass is 262 g/mol. The van der Waals surface area contributed by atoms with E-state index in [-0.39, 0.29) is 0 Å². The molecular formula is C14H15ClN2O. The summed E-state index contributed by atoms with van der Waals surface area (Å²) in [5.74, 6) is 0.297. The van der Waals surface area contributed by atoms with Crippen LogP contribution in [0.15, 0.2) is 30.5 Å². The summed E-state index contributed by atoms with van der Waals surface area (Å²) in [6.45, 7) is 3.98. The molecular weight excluding hydrogens is 248 g/mol. The number of nitrogen functional groups attached to an aromatic ring is 1. The molecule has 2 rings (SSSR count). The number of nitrogens with two attached hydrogens (primary N) is 1. The maximum atomic E-state index is 10.4. The summed E-state index contributed by atoms with van der Waals surface area (Å²) in [6.07, 6.45) is 0.656. The Labute approximate surface area is 111 Å². The summed E-state index contributed by atoms with van der Waals surface area (Å²) in [6, 6.07) is 7.55. The zero-order valence-corrected chi connectivity index (χ0v) is 11.1. The fraction of sp³-hybridized carbons (Fsp3) is 0.214. The van der Waals surface area contributed by atoms with Gasteiger partial charge in [-0.15, -0.1) is 0 Å². The summed E-state index contributed by atoms with van der Waals surface area (Å²) >= 11 is 5.88. The molecule has 0 saturated carbocycles. The Morgan fingerprint density at radius 3 is 2.39 bits per heavy atom. The van der Waals surface area contributed by atoms with Gasteiger partial charge in [0, 0.05) is 11.8 Å². The lowest BCUT2D eigenvalue weighted by atomic mass is 9.98. The molecule has 1 aromatic heterocycles. The predicted molar refractivity (Wildman–Crippen MR) is 73.6 cm³/mol. The van der Waals surface area contributed by atoms with Gasteiger partial charge in [-0.1, -0.05) is 40.9 Å². The molecule has 0 bridgehead atoms. The molecule has 4 heteroatoms. The van der Waals surface area contributed by atoms with Gasteiger partial charge < -0.3 is 10.8 Å². The lowest BCUT2D eigenvalue weighted by Gasteiger charge is -2.15. The number of hydrogen-bond acceptors (Lipinski definition) is 3. The van der Waals surface area contributed by atoms with E-state index in [0.29, 0.717) is 16.4 Å². The molecule has 0 aliphatic carbocycles. The average Bonchev–Trinajstić information content (AvgIpc) is 2.30. The molecule has 18 heavy (non-hydrogen) atoms. The third kappa shape index (κ3) is 2.63. The molecule has 1 aromatic carbocycles. The number of anilines is 1. The van der Waals surface area contributed by atoms with Crippen LogP contribution in [0.4, 0.5) is 5.82 Å². The number of rotatable bonds is 2. The smallest absolute Gasteiger partial charge is 0.129 e. The number of nitrogens with zero attached hydrogens (tertiary/aromatic N) is 1. The number of pyridine rings is 1. The number of aliphatic hydroxyl groups excluding tert-OH is 1. The Kier molecular flexibility index (Phi) is 3.55. The largest absolute Gasteiger partial charge is 0.384 e. The molecule has 3 nitrogen and oxygen atoms in total. The van der Waals surface area contributed by atoms with E-state index >= 15 is 0 Å². The summed E-state index contributed by atoms with van der Waals surface area (Å²) in [4.78, 5) is 3.96. The highest BCUT2D eigenvalue weighted by Crippen LogP contribution is 2.28. The van der Waals surface area contributed by atoms with Gasteiger partial charge in [0.1, 0.15) is 11.9 Å². The minimum Gasteiger partial charge on any atom is -0.384 e. The van der Waals surface area contributed by atoms with E-state index in [0.717, 1.165) is 16.7 Å². The molecule has 94 valence electrons. The molecule has 0 saturated heterocycles. The van der Waals surface area contributed by atoms with Crippen LogP contribution in [0.5, 0.6) is 0 Å². The maximum absolute atomic E-state index is 10.4. The van der Waals surface area contributed by atoms with Crippen molar-refractivity contribution in [2.45, 2.75) is 20.0 Å². The maximum Gasteiger partial charge on any atom is 0.129 e. The highest BCUT2D eigenvalue weighted by atomic mass is 35.5. The lowest BCUT2D eigenvalue weighted by Crippen LogP contribution is -2.06. The first-order valence-corrected chi connectivity index (χ1v) is 6.02. The van der Waals surface area contributed by atoms with Gasteiger partial charge in [-0.2, -0.15) is 0 Å². The highest BCUT2D eigenvalue weighted by molar-refractivity contribution is 6.30.